The van der Waals surface area contributed by atoms with Crippen LogP contribution >= 0.6 is 0 Å². The molecule has 0 aliphatic carbocycles. The van der Waals surface area contributed by atoms with Crippen LogP contribution in [0.15, 0.2) is 51.9 Å². The van der Waals surface area contributed by atoms with Crippen molar-refractivity contribution >= 4 is 11.0 Å². The lowest BCUT2D eigenvalue weighted by Crippen LogP contribution is -2.51. The molecule has 0 bridgehead atoms. The summed E-state index contributed by atoms with van der Waals surface area (Å²) in [7, 11) is 1.61. The molecule has 2 aromatic carbocycles. The lowest BCUT2D eigenvalue weighted by atomic mass is 9.83. The van der Waals surface area contributed by atoms with Gasteiger partial charge >= 0.3 is 0 Å². The average Bonchev–Trinajstić information content (AvgIpc) is 2.89. The summed E-state index contributed by atoms with van der Waals surface area (Å²) in [6, 6.07) is 12.0. The van der Waals surface area contributed by atoms with E-state index in [9.17, 15) is 4.79 Å². The maximum absolute atomic E-state index is 13.5. The van der Waals surface area contributed by atoms with E-state index in [0.717, 1.165) is 30.0 Å². The summed E-state index contributed by atoms with van der Waals surface area (Å²) >= 11 is 0. The zero-order chi connectivity index (χ0) is 23.1. The Labute approximate surface area is 200 Å². The third-order valence-electron chi connectivity index (χ3n) is 7.90. The summed E-state index contributed by atoms with van der Waals surface area (Å²) in [6.45, 7) is 4.87. The van der Waals surface area contributed by atoms with E-state index in [0.29, 0.717) is 41.0 Å². The van der Waals surface area contributed by atoms with Crippen molar-refractivity contribution in [2.24, 2.45) is 5.92 Å². The Hall–Kier alpha value is -2.83. The molecule has 2 saturated heterocycles. The minimum absolute atomic E-state index is 0.0456. The maximum atomic E-state index is 13.5. The fourth-order valence-corrected chi connectivity index (χ4v) is 6.25. The topological polar surface area (TPSA) is 55.2 Å². The third kappa shape index (κ3) is 3.79. The monoisotopic (exact) mass is 460 g/mol. The molecule has 2 atom stereocenters. The molecule has 6 rings (SSSR count). The van der Waals surface area contributed by atoms with Crippen molar-refractivity contribution in [3.8, 4) is 22.6 Å². The first kappa shape index (κ1) is 21.7. The first-order chi connectivity index (χ1) is 16.7. The van der Waals surface area contributed by atoms with E-state index < -0.39 is 0 Å². The van der Waals surface area contributed by atoms with Gasteiger partial charge in [-0.25, -0.2) is 0 Å². The molecule has 0 radical (unpaired) electrons. The quantitative estimate of drug-likeness (QED) is 0.553. The number of hydrogen-bond donors (Lipinski definition) is 0. The lowest BCUT2D eigenvalue weighted by Gasteiger charge is -2.46. The Morgan fingerprint density at radius 2 is 1.91 bits per heavy atom. The SMILES string of the molecule is COc1ccccc1-c1coc2c3c(ccc2c1=O)OCN(C[C@H]1CCCN2CCCC[C@H]12)C3. The van der Waals surface area contributed by atoms with Crippen molar-refractivity contribution in [3.05, 3.63) is 58.4 Å². The fraction of sp³-hybridized carbons (Fsp3) is 0.464. The second-order valence-electron chi connectivity index (χ2n) is 9.88. The molecular weight excluding hydrogens is 428 g/mol. The number of hydrogen-bond acceptors (Lipinski definition) is 6. The van der Waals surface area contributed by atoms with Gasteiger partial charge in [0.25, 0.3) is 0 Å². The van der Waals surface area contributed by atoms with Gasteiger partial charge in [0.2, 0.25) is 5.43 Å². The van der Waals surface area contributed by atoms with Crippen LogP contribution in [0.5, 0.6) is 11.5 Å². The molecule has 0 saturated carbocycles. The van der Waals surface area contributed by atoms with E-state index in [1.54, 1.807) is 13.4 Å². The standard InChI is InChI=1S/C28H32N2O4/c1-32-25-10-3-2-8-20(25)23-17-33-28-21(27(23)31)11-12-26-22(28)16-29(18-34-26)15-19-7-6-14-30-13-5-4-9-24(19)30/h2-3,8,10-12,17,19,24H,4-7,9,13-16,18H2,1H3/t19-,24-/m1/s1. The summed E-state index contributed by atoms with van der Waals surface area (Å²) in [5, 5.41) is 0.587. The van der Waals surface area contributed by atoms with E-state index >= 15 is 0 Å². The average molecular weight is 461 g/mol. The molecule has 34 heavy (non-hydrogen) atoms. The molecule has 0 unspecified atom stereocenters. The van der Waals surface area contributed by atoms with Crippen molar-refractivity contribution < 1.29 is 13.9 Å². The smallest absolute Gasteiger partial charge is 0.200 e. The van der Waals surface area contributed by atoms with E-state index in [1.165, 1.54) is 45.2 Å². The van der Waals surface area contributed by atoms with Gasteiger partial charge in [-0.15, -0.1) is 0 Å². The molecule has 6 heteroatoms. The number of ether oxygens (including phenoxy) is 2. The van der Waals surface area contributed by atoms with Crippen molar-refractivity contribution in [1.82, 2.24) is 9.80 Å². The van der Waals surface area contributed by atoms with Crippen LogP contribution in [0.25, 0.3) is 22.1 Å². The number of rotatable bonds is 4. The summed E-state index contributed by atoms with van der Waals surface area (Å²) in [5.74, 6) is 2.16. The molecule has 1 aromatic heterocycles. The van der Waals surface area contributed by atoms with Gasteiger partial charge in [-0.1, -0.05) is 24.6 Å². The Balaban J connectivity index is 1.30. The highest BCUT2D eigenvalue weighted by Crippen LogP contribution is 2.36. The van der Waals surface area contributed by atoms with Crippen molar-refractivity contribution in [2.45, 2.75) is 44.7 Å². The number of para-hydroxylation sites is 1. The number of piperidine rings is 2. The highest BCUT2D eigenvalue weighted by Gasteiger charge is 2.35. The molecule has 2 fully saturated rings. The molecule has 3 aliphatic rings. The van der Waals surface area contributed by atoms with Crippen LogP contribution in [-0.2, 0) is 6.54 Å². The van der Waals surface area contributed by atoms with E-state index in [2.05, 4.69) is 9.80 Å². The van der Waals surface area contributed by atoms with Gasteiger partial charge in [-0.2, -0.15) is 0 Å². The largest absolute Gasteiger partial charge is 0.496 e. The summed E-state index contributed by atoms with van der Waals surface area (Å²) < 4.78 is 17.7. The van der Waals surface area contributed by atoms with Gasteiger partial charge in [0.1, 0.15) is 30.1 Å². The normalized spacial score (nSPS) is 23.2. The zero-order valence-corrected chi connectivity index (χ0v) is 19.8. The molecule has 0 spiro atoms. The minimum Gasteiger partial charge on any atom is -0.496 e. The van der Waals surface area contributed by atoms with Gasteiger partial charge in [0.15, 0.2) is 0 Å². The first-order valence-electron chi connectivity index (χ1n) is 12.5. The third-order valence-corrected chi connectivity index (χ3v) is 7.90. The Morgan fingerprint density at radius 3 is 2.82 bits per heavy atom. The maximum Gasteiger partial charge on any atom is 0.200 e. The van der Waals surface area contributed by atoms with Gasteiger partial charge < -0.3 is 18.8 Å². The van der Waals surface area contributed by atoms with Crippen LogP contribution < -0.4 is 14.9 Å². The molecule has 3 aromatic rings. The minimum atomic E-state index is -0.0456. The Kier molecular flexibility index (Phi) is 5.79. The van der Waals surface area contributed by atoms with Crippen LogP contribution in [0.3, 0.4) is 0 Å². The lowest BCUT2D eigenvalue weighted by molar-refractivity contribution is 0.0146. The van der Waals surface area contributed by atoms with Crippen LogP contribution in [0.2, 0.25) is 0 Å². The molecule has 0 amide bonds. The predicted octanol–water partition coefficient (Wildman–Crippen LogP) is 4.89. The number of benzene rings is 2. The Morgan fingerprint density at radius 1 is 1.03 bits per heavy atom. The highest BCUT2D eigenvalue weighted by molar-refractivity contribution is 5.86. The fourth-order valence-electron chi connectivity index (χ4n) is 6.25. The second-order valence-corrected chi connectivity index (χ2v) is 9.88. The highest BCUT2D eigenvalue weighted by atomic mass is 16.5. The first-order valence-corrected chi connectivity index (χ1v) is 12.5. The molecule has 4 heterocycles. The number of methoxy groups -OCH3 is 1. The molecule has 6 nitrogen and oxygen atoms in total. The van der Waals surface area contributed by atoms with Crippen molar-refractivity contribution in [3.63, 3.8) is 0 Å². The van der Waals surface area contributed by atoms with E-state index in [4.69, 9.17) is 13.9 Å². The zero-order valence-electron chi connectivity index (χ0n) is 19.8. The molecule has 3 aliphatic heterocycles. The molecule has 178 valence electrons. The van der Waals surface area contributed by atoms with Crippen LogP contribution in [0.1, 0.15) is 37.7 Å². The Bertz CT molecular complexity index is 1250. The number of nitrogens with zero attached hydrogens (tertiary/aromatic N) is 2. The molecule has 0 N–H and O–H groups in total. The van der Waals surface area contributed by atoms with Crippen LogP contribution in [0.4, 0.5) is 0 Å². The van der Waals surface area contributed by atoms with Crippen LogP contribution in [-0.4, -0.2) is 49.3 Å². The van der Waals surface area contributed by atoms with Gasteiger partial charge in [0, 0.05) is 24.7 Å². The van der Waals surface area contributed by atoms with Gasteiger partial charge in [0.05, 0.1) is 23.6 Å². The summed E-state index contributed by atoms with van der Waals surface area (Å²) in [4.78, 5) is 18.6. The summed E-state index contributed by atoms with van der Waals surface area (Å²) in [6.07, 6.45) is 8.16. The van der Waals surface area contributed by atoms with Crippen LogP contribution in [0, 0.1) is 5.92 Å². The summed E-state index contributed by atoms with van der Waals surface area (Å²) in [5.41, 5.74) is 2.82. The predicted molar refractivity (Wildman–Crippen MR) is 132 cm³/mol. The number of fused-ring (bicyclic) bond motifs is 4. The van der Waals surface area contributed by atoms with Gasteiger partial charge in [-0.05, 0) is 62.9 Å². The van der Waals surface area contributed by atoms with Crippen molar-refractivity contribution in [1.29, 1.82) is 0 Å². The van der Waals surface area contributed by atoms with Gasteiger partial charge in [-0.3, -0.25) is 9.69 Å². The van der Waals surface area contributed by atoms with Crippen molar-refractivity contribution in [2.75, 3.05) is 33.5 Å². The molecular formula is C28H32N2O4. The van der Waals surface area contributed by atoms with E-state index in [1.807, 2.05) is 36.4 Å². The second kappa shape index (κ2) is 9.08. The van der Waals surface area contributed by atoms with E-state index in [-0.39, 0.29) is 5.43 Å².